The van der Waals surface area contributed by atoms with E-state index in [1.54, 1.807) is 12.1 Å². The lowest BCUT2D eigenvalue weighted by Gasteiger charge is -2.13. The highest BCUT2D eigenvalue weighted by Crippen LogP contribution is 2.28. The van der Waals surface area contributed by atoms with Crippen LogP contribution in [0.5, 0.6) is 0 Å². The quantitative estimate of drug-likeness (QED) is 0.573. The Bertz CT molecular complexity index is 1080. The topological polar surface area (TPSA) is 82.2 Å². The average molecular weight is 399 g/mol. The summed E-state index contributed by atoms with van der Waals surface area (Å²) in [5.74, 6) is 0. The monoisotopic (exact) mass is 398 g/mol. The zero-order chi connectivity index (χ0) is 20.1. The summed E-state index contributed by atoms with van der Waals surface area (Å²) < 4.78 is 29.6. The minimum Gasteiger partial charge on any atom is -0.361 e. The Labute approximate surface area is 166 Å². The molecule has 2 heterocycles. The number of benzene rings is 2. The molecule has 0 saturated carbocycles. The van der Waals surface area contributed by atoms with E-state index in [4.69, 9.17) is 4.55 Å². The minimum absolute atomic E-state index is 0.0666. The first-order chi connectivity index (χ1) is 13.4. The predicted octanol–water partition coefficient (Wildman–Crippen LogP) is 4.35. The van der Waals surface area contributed by atoms with E-state index >= 15 is 0 Å². The van der Waals surface area contributed by atoms with Gasteiger partial charge in [-0.3, -0.25) is 4.55 Å². The molecule has 28 heavy (non-hydrogen) atoms. The van der Waals surface area contributed by atoms with Gasteiger partial charge in [-0.1, -0.05) is 42.8 Å². The second-order valence-corrected chi connectivity index (χ2v) is 8.33. The Morgan fingerprint density at radius 2 is 1.86 bits per heavy atom. The molecule has 0 aliphatic carbocycles. The Hall–Kier alpha value is -2.41. The van der Waals surface area contributed by atoms with Crippen LogP contribution in [0, 0.1) is 6.92 Å². The lowest BCUT2D eigenvalue weighted by atomic mass is 9.99. The van der Waals surface area contributed by atoms with E-state index in [2.05, 4.69) is 47.7 Å². The van der Waals surface area contributed by atoms with Crippen LogP contribution >= 0.6 is 0 Å². The van der Waals surface area contributed by atoms with Gasteiger partial charge in [-0.15, -0.1) is 0 Å². The van der Waals surface area contributed by atoms with E-state index in [0.717, 1.165) is 31.5 Å². The number of H-pyrrole nitrogens is 1. The van der Waals surface area contributed by atoms with Crippen LogP contribution < -0.4 is 5.32 Å². The van der Waals surface area contributed by atoms with Crippen LogP contribution in [0.25, 0.3) is 16.5 Å². The van der Waals surface area contributed by atoms with Gasteiger partial charge in [0.05, 0.1) is 4.90 Å². The van der Waals surface area contributed by atoms with Gasteiger partial charge in [-0.05, 0) is 55.6 Å². The Balaban J connectivity index is 0.000000178. The molecule has 3 aromatic rings. The summed E-state index contributed by atoms with van der Waals surface area (Å²) in [6, 6.07) is 12.7. The fourth-order valence-corrected chi connectivity index (χ4v) is 3.72. The highest BCUT2D eigenvalue weighted by Gasteiger charge is 2.11. The van der Waals surface area contributed by atoms with Crippen LogP contribution in [0.2, 0.25) is 0 Å². The minimum atomic E-state index is -4.02. The van der Waals surface area contributed by atoms with Crippen LogP contribution in [0.4, 0.5) is 0 Å². The lowest BCUT2D eigenvalue weighted by Crippen LogP contribution is -2.19. The number of fused-ring (bicyclic) bond motifs is 1. The van der Waals surface area contributed by atoms with E-state index in [-0.39, 0.29) is 4.90 Å². The predicted molar refractivity (Wildman–Crippen MR) is 114 cm³/mol. The summed E-state index contributed by atoms with van der Waals surface area (Å²) in [6.45, 7) is 6.12. The second-order valence-electron chi connectivity index (χ2n) is 6.91. The number of aryl methyl sites for hydroxylation is 2. The molecule has 1 aliphatic rings. The molecule has 6 heteroatoms. The van der Waals surface area contributed by atoms with Gasteiger partial charge >= 0.3 is 0 Å². The summed E-state index contributed by atoms with van der Waals surface area (Å²) in [5.41, 5.74) is 6.46. The molecule has 3 N–H and O–H groups in total. The first kappa shape index (κ1) is 20.3. The Morgan fingerprint density at radius 1 is 1.11 bits per heavy atom. The molecule has 0 atom stereocenters. The van der Waals surface area contributed by atoms with Gasteiger partial charge < -0.3 is 10.3 Å². The van der Waals surface area contributed by atoms with Crippen molar-refractivity contribution in [2.45, 2.75) is 31.6 Å². The third-order valence-electron chi connectivity index (χ3n) is 4.88. The molecule has 0 saturated heterocycles. The second kappa shape index (κ2) is 8.73. The number of rotatable bonds is 3. The SMILES string of the molecule is CCc1ccc2c(C3=CCNCC3)c[nH]c2c1.Cc1ccc(S(=O)(=O)O)cc1. The molecule has 0 radical (unpaired) electrons. The van der Waals surface area contributed by atoms with Crippen molar-refractivity contribution in [3.05, 3.63) is 71.4 Å². The van der Waals surface area contributed by atoms with Crippen molar-refractivity contribution in [2.75, 3.05) is 13.1 Å². The van der Waals surface area contributed by atoms with Crippen molar-refractivity contribution in [3.63, 3.8) is 0 Å². The molecule has 148 valence electrons. The van der Waals surface area contributed by atoms with Gasteiger partial charge in [-0.25, -0.2) is 0 Å². The van der Waals surface area contributed by atoms with Crippen molar-refractivity contribution in [3.8, 4) is 0 Å². The smallest absolute Gasteiger partial charge is 0.294 e. The van der Waals surface area contributed by atoms with Crippen LogP contribution in [-0.4, -0.2) is 31.0 Å². The summed E-state index contributed by atoms with van der Waals surface area (Å²) in [4.78, 5) is 3.33. The number of nitrogens with one attached hydrogen (secondary N) is 2. The molecule has 0 fully saturated rings. The van der Waals surface area contributed by atoms with Gasteiger partial charge in [-0.2, -0.15) is 8.42 Å². The van der Waals surface area contributed by atoms with Crippen LogP contribution in [0.15, 0.2) is 59.6 Å². The largest absolute Gasteiger partial charge is 0.361 e. The van der Waals surface area contributed by atoms with Gasteiger partial charge in [0.2, 0.25) is 0 Å². The van der Waals surface area contributed by atoms with Crippen LogP contribution in [0.1, 0.15) is 30.0 Å². The summed E-state index contributed by atoms with van der Waals surface area (Å²) >= 11 is 0. The Morgan fingerprint density at radius 3 is 2.46 bits per heavy atom. The van der Waals surface area contributed by atoms with Gasteiger partial charge in [0.15, 0.2) is 0 Å². The zero-order valence-corrected chi connectivity index (χ0v) is 17.0. The van der Waals surface area contributed by atoms with Crippen molar-refractivity contribution in [2.24, 2.45) is 0 Å². The number of aromatic amines is 1. The first-order valence-corrected chi connectivity index (χ1v) is 10.9. The first-order valence-electron chi connectivity index (χ1n) is 9.43. The summed E-state index contributed by atoms with van der Waals surface area (Å²) in [7, 11) is -4.02. The zero-order valence-electron chi connectivity index (χ0n) is 16.2. The van der Waals surface area contributed by atoms with Crippen molar-refractivity contribution < 1.29 is 13.0 Å². The molecule has 0 amide bonds. The van der Waals surface area contributed by atoms with E-state index < -0.39 is 10.1 Å². The summed E-state index contributed by atoms with van der Waals surface area (Å²) in [6.07, 6.45) is 6.68. The van der Waals surface area contributed by atoms with Crippen LogP contribution in [-0.2, 0) is 16.5 Å². The highest BCUT2D eigenvalue weighted by molar-refractivity contribution is 7.85. The molecule has 0 bridgehead atoms. The van der Waals surface area contributed by atoms with Gasteiger partial charge in [0.25, 0.3) is 10.1 Å². The molecule has 0 spiro atoms. The maximum atomic E-state index is 10.5. The molecule has 5 nitrogen and oxygen atoms in total. The van der Waals surface area contributed by atoms with Crippen molar-refractivity contribution in [1.82, 2.24) is 10.3 Å². The van der Waals surface area contributed by atoms with Gasteiger partial charge in [0, 0.05) is 29.2 Å². The number of hydrogen-bond acceptors (Lipinski definition) is 3. The molecule has 1 aromatic heterocycles. The third-order valence-corrected chi connectivity index (χ3v) is 5.75. The molecule has 2 aromatic carbocycles. The molecule has 4 rings (SSSR count). The lowest BCUT2D eigenvalue weighted by molar-refractivity contribution is 0.483. The fourth-order valence-electron chi connectivity index (χ4n) is 3.24. The van der Waals surface area contributed by atoms with E-state index in [9.17, 15) is 8.42 Å². The fraction of sp³-hybridized carbons (Fsp3) is 0.273. The molecular formula is C22H26N2O3S. The third kappa shape index (κ3) is 4.90. The molecule has 0 unspecified atom stereocenters. The number of aromatic nitrogens is 1. The molecule has 1 aliphatic heterocycles. The van der Waals surface area contributed by atoms with Crippen molar-refractivity contribution >= 4 is 26.6 Å². The summed E-state index contributed by atoms with van der Waals surface area (Å²) in [5, 5.41) is 4.71. The van der Waals surface area contributed by atoms with E-state index in [1.807, 2.05) is 6.92 Å². The van der Waals surface area contributed by atoms with E-state index in [1.165, 1.54) is 39.7 Å². The maximum absolute atomic E-state index is 10.5. The Kier molecular flexibility index (Phi) is 6.34. The van der Waals surface area contributed by atoms with Crippen molar-refractivity contribution in [1.29, 1.82) is 0 Å². The standard InChI is InChI=1S/C15H18N2.C7H8O3S/c1-2-11-3-4-13-14(10-17-15(13)9-11)12-5-7-16-8-6-12;1-6-2-4-7(5-3-6)11(8,9)10/h3-5,9-10,16-17H,2,6-8H2,1H3;2-5H,1H3,(H,8,9,10). The normalized spacial score (nSPS) is 14.3. The van der Waals surface area contributed by atoms with E-state index in [0.29, 0.717) is 0 Å². The number of hydrogen-bond donors (Lipinski definition) is 3. The average Bonchev–Trinajstić information content (AvgIpc) is 3.12. The maximum Gasteiger partial charge on any atom is 0.294 e. The highest BCUT2D eigenvalue weighted by atomic mass is 32.2. The molecular weight excluding hydrogens is 372 g/mol. The van der Waals surface area contributed by atoms with Gasteiger partial charge in [0.1, 0.15) is 0 Å². The van der Waals surface area contributed by atoms with Crippen LogP contribution in [0.3, 0.4) is 0 Å².